The maximum atomic E-state index is 12.5. The van der Waals surface area contributed by atoms with Gasteiger partial charge in [-0.3, -0.25) is 4.79 Å². The van der Waals surface area contributed by atoms with Crippen LogP contribution in [0.2, 0.25) is 0 Å². The van der Waals surface area contributed by atoms with Crippen LogP contribution in [0.5, 0.6) is 0 Å². The number of alkyl carbamates (subject to hydrolysis) is 1. The number of hydrogen-bond donors (Lipinski definition) is 2. The average molecular weight is 410 g/mol. The summed E-state index contributed by atoms with van der Waals surface area (Å²) < 4.78 is 52.7. The van der Waals surface area contributed by atoms with Crippen molar-refractivity contribution in [1.82, 2.24) is 10.6 Å². The van der Waals surface area contributed by atoms with Crippen molar-refractivity contribution in [3.63, 3.8) is 0 Å². The maximum absolute atomic E-state index is 12.5. The van der Waals surface area contributed by atoms with Gasteiger partial charge in [-0.25, -0.2) is 13.2 Å². The van der Waals surface area contributed by atoms with Gasteiger partial charge in [0.05, 0.1) is 10.1 Å². The Morgan fingerprint density at radius 3 is 2.37 bits per heavy atom. The molecule has 0 radical (unpaired) electrons. The van der Waals surface area contributed by atoms with Crippen molar-refractivity contribution in [2.45, 2.75) is 45.3 Å². The SMILES string of the molecule is [2H]C([2H])(CCS(=O)(=O)[O-])NC(=O)C(Cc1ccccc1)NC(=O)OC(C)(C)C.[Na+]. The second-order valence-corrected chi connectivity index (χ2v) is 8.09. The molecular weight excluding hydrogens is 383 g/mol. The molecule has 8 nitrogen and oxygen atoms in total. The molecule has 2 amide bonds. The Hall–Kier alpha value is -1.13. The Labute approximate surface area is 185 Å². The van der Waals surface area contributed by atoms with Gasteiger partial charge >= 0.3 is 35.7 Å². The first-order chi connectivity index (χ1) is 12.7. The Kier molecular flexibility index (Phi) is 9.57. The molecule has 0 saturated heterocycles. The average Bonchev–Trinajstić information content (AvgIpc) is 2.50. The molecule has 0 aliphatic carbocycles. The van der Waals surface area contributed by atoms with Crippen LogP contribution in [0.25, 0.3) is 0 Å². The number of nitrogens with one attached hydrogen (secondary N) is 2. The summed E-state index contributed by atoms with van der Waals surface area (Å²) in [5, 5.41) is 4.44. The minimum absolute atomic E-state index is 0. The number of benzene rings is 1. The van der Waals surface area contributed by atoms with Gasteiger partial charge in [0.15, 0.2) is 0 Å². The fraction of sp³-hybridized carbons (Fsp3) is 0.529. The van der Waals surface area contributed by atoms with E-state index in [-0.39, 0.29) is 36.0 Å². The van der Waals surface area contributed by atoms with Crippen LogP contribution in [0.1, 0.15) is 35.5 Å². The Morgan fingerprint density at radius 2 is 1.85 bits per heavy atom. The summed E-state index contributed by atoms with van der Waals surface area (Å²) in [6, 6.07) is 7.57. The van der Waals surface area contributed by atoms with Gasteiger partial charge in [-0.2, -0.15) is 0 Å². The third-order valence-corrected chi connectivity index (χ3v) is 3.68. The number of amides is 2. The normalized spacial score (nSPS) is 14.1. The molecule has 1 aromatic carbocycles. The summed E-state index contributed by atoms with van der Waals surface area (Å²) in [7, 11) is -4.63. The van der Waals surface area contributed by atoms with Gasteiger partial charge in [0, 0.05) is 21.4 Å². The number of carbonyl (C=O) groups is 2. The van der Waals surface area contributed by atoms with Crippen LogP contribution in [0, 0.1) is 0 Å². The van der Waals surface area contributed by atoms with E-state index in [0.717, 1.165) is 0 Å². The molecule has 0 heterocycles. The molecule has 1 atom stereocenters. The molecule has 0 saturated carbocycles. The molecule has 1 unspecified atom stereocenters. The smallest absolute Gasteiger partial charge is 0.748 e. The van der Waals surface area contributed by atoms with E-state index in [2.05, 4.69) is 5.32 Å². The van der Waals surface area contributed by atoms with Gasteiger partial charge in [-0.05, 0) is 32.8 Å². The number of rotatable bonds is 8. The van der Waals surface area contributed by atoms with Crippen LogP contribution in [0.4, 0.5) is 4.79 Å². The predicted molar refractivity (Wildman–Crippen MR) is 95.5 cm³/mol. The first-order valence-electron chi connectivity index (χ1n) is 8.96. The Balaban J connectivity index is 0.00000784. The molecule has 27 heavy (non-hydrogen) atoms. The summed E-state index contributed by atoms with van der Waals surface area (Å²) in [4.78, 5) is 24.6. The van der Waals surface area contributed by atoms with Crippen LogP contribution >= 0.6 is 0 Å². The molecule has 0 aromatic heterocycles. The minimum atomic E-state index is -4.63. The molecule has 146 valence electrons. The van der Waals surface area contributed by atoms with Gasteiger partial charge in [0.25, 0.3) is 0 Å². The third-order valence-electron chi connectivity index (χ3n) is 2.98. The molecule has 1 aromatic rings. The van der Waals surface area contributed by atoms with E-state index in [1.54, 1.807) is 51.1 Å². The van der Waals surface area contributed by atoms with E-state index in [9.17, 15) is 22.6 Å². The van der Waals surface area contributed by atoms with E-state index in [1.165, 1.54) is 0 Å². The van der Waals surface area contributed by atoms with E-state index in [0.29, 0.717) is 5.56 Å². The van der Waals surface area contributed by atoms with Gasteiger partial charge in [-0.1, -0.05) is 30.3 Å². The molecule has 0 bridgehead atoms. The third kappa shape index (κ3) is 12.8. The predicted octanol–water partition coefficient (Wildman–Crippen LogP) is -1.82. The second kappa shape index (κ2) is 11.7. The molecule has 10 heteroatoms. The van der Waals surface area contributed by atoms with Crippen molar-refractivity contribution < 1.29 is 59.6 Å². The minimum Gasteiger partial charge on any atom is -0.748 e. The van der Waals surface area contributed by atoms with Gasteiger partial charge < -0.3 is 19.9 Å². The van der Waals surface area contributed by atoms with Gasteiger partial charge in [0.1, 0.15) is 11.6 Å². The van der Waals surface area contributed by atoms with Gasteiger partial charge in [-0.15, -0.1) is 0 Å². The Morgan fingerprint density at radius 1 is 1.26 bits per heavy atom. The largest absolute Gasteiger partial charge is 1.00 e. The zero-order chi connectivity index (χ0) is 21.6. The first kappa shape index (κ1) is 22.2. The molecule has 2 N–H and O–H groups in total. The van der Waals surface area contributed by atoms with Crippen molar-refractivity contribution in [3.05, 3.63) is 35.9 Å². The number of hydrogen-bond acceptors (Lipinski definition) is 6. The Bertz CT molecular complexity index is 785. The molecular formula is C17H25N2NaO6S. The first-order valence-corrected chi connectivity index (χ1v) is 9.54. The summed E-state index contributed by atoms with van der Waals surface area (Å²) in [6.45, 7) is 2.52. The van der Waals surface area contributed by atoms with Crippen molar-refractivity contribution in [1.29, 1.82) is 0 Å². The molecule has 1 rings (SSSR count). The topological polar surface area (TPSA) is 125 Å². The van der Waals surface area contributed by atoms with Crippen LogP contribution in [0.3, 0.4) is 0 Å². The monoisotopic (exact) mass is 410 g/mol. The molecule has 0 fully saturated rings. The number of ether oxygens (including phenoxy) is 1. The van der Waals surface area contributed by atoms with Crippen LogP contribution in [0.15, 0.2) is 30.3 Å². The van der Waals surface area contributed by atoms with E-state index >= 15 is 0 Å². The molecule has 0 spiro atoms. The van der Waals surface area contributed by atoms with Crippen LogP contribution in [-0.4, -0.2) is 48.9 Å². The molecule has 0 aliphatic rings. The fourth-order valence-electron chi connectivity index (χ4n) is 1.92. The zero-order valence-electron chi connectivity index (χ0n) is 17.9. The fourth-order valence-corrected chi connectivity index (χ4v) is 2.27. The second-order valence-electron chi connectivity index (χ2n) is 6.57. The van der Waals surface area contributed by atoms with Crippen molar-refractivity contribution in [2.75, 3.05) is 12.2 Å². The standard InChI is InChI=1S/C17H26N2O6S.Na/c1-17(2,3)25-16(21)19-14(12-13-8-5-4-6-9-13)15(20)18-10-7-11-26(22,23)24;/h4-6,8-9,14H,7,10-12H2,1-3H3,(H,18,20)(H,19,21)(H,22,23,24);/q;+1/p-1/i10D2;. The van der Waals surface area contributed by atoms with Crippen molar-refractivity contribution in [2.24, 2.45) is 0 Å². The van der Waals surface area contributed by atoms with Crippen molar-refractivity contribution >= 4 is 22.1 Å². The summed E-state index contributed by atoms with van der Waals surface area (Å²) in [5.74, 6) is -1.84. The zero-order valence-corrected chi connectivity index (χ0v) is 18.8. The number of carbonyl (C=O) groups excluding carboxylic acids is 2. The van der Waals surface area contributed by atoms with Crippen molar-refractivity contribution in [3.8, 4) is 0 Å². The van der Waals surface area contributed by atoms with Crippen LogP contribution in [-0.2, 0) is 26.1 Å². The summed E-state index contributed by atoms with van der Waals surface area (Å²) >= 11 is 0. The maximum Gasteiger partial charge on any atom is 1.00 e. The summed E-state index contributed by atoms with van der Waals surface area (Å²) in [5.41, 5.74) is -0.0870. The quantitative estimate of drug-likeness (QED) is 0.384. The van der Waals surface area contributed by atoms with E-state index in [4.69, 9.17) is 7.48 Å². The van der Waals surface area contributed by atoms with Crippen LogP contribution < -0.4 is 40.2 Å². The molecule has 0 aliphatic heterocycles. The summed E-state index contributed by atoms with van der Waals surface area (Å²) in [6.07, 6.45) is -1.51. The van der Waals surface area contributed by atoms with E-state index in [1.807, 2.05) is 5.32 Å². The van der Waals surface area contributed by atoms with Gasteiger partial charge in [0.2, 0.25) is 5.91 Å². The van der Waals surface area contributed by atoms with E-state index < -0.39 is 52.4 Å².